The van der Waals surface area contributed by atoms with Gasteiger partial charge in [0, 0.05) is 42.0 Å². The van der Waals surface area contributed by atoms with Crippen LogP contribution in [0.3, 0.4) is 0 Å². The molecule has 2 aromatic heterocycles. The Morgan fingerprint density at radius 1 is 1.21 bits per heavy atom. The summed E-state index contributed by atoms with van der Waals surface area (Å²) in [5.74, 6) is 0.379. The average Bonchev–Trinajstić information content (AvgIpc) is 3.49. The molecule has 1 amide bonds. The number of ether oxygens (including phenoxy) is 1. The lowest BCUT2D eigenvalue weighted by molar-refractivity contribution is 0.0337. The lowest BCUT2D eigenvalue weighted by atomic mass is 10.1. The van der Waals surface area contributed by atoms with Gasteiger partial charge in [-0.1, -0.05) is 18.2 Å². The summed E-state index contributed by atoms with van der Waals surface area (Å²) < 4.78 is 5.39. The van der Waals surface area contributed by atoms with E-state index in [9.17, 15) is 4.79 Å². The number of rotatable bonds is 5. The molecule has 3 aromatic rings. The second-order valence-electron chi connectivity index (χ2n) is 7.37. The van der Waals surface area contributed by atoms with E-state index in [0.717, 1.165) is 68.0 Å². The van der Waals surface area contributed by atoms with Crippen LogP contribution in [0.25, 0.3) is 10.9 Å². The van der Waals surface area contributed by atoms with Crippen molar-refractivity contribution in [2.24, 2.45) is 0 Å². The molecule has 1 aromatic carbocycles. The zero-order valence-corrected chi connectivity index (χ0v) is 16.4. The van der Waals surface area contributed by atoms with Gasteiger partial charge in [-0.3, -0.25) is 20.0 Å². The van der Waals surface area contributed by atoms with E-state index in [0.29, 0.717) is 16.6 Å². The number of pyridine rings is 1. The van der Waals surface area contributed by atoms with Crippen LogP contribution in [-0.2, 0) is 11.3 Å². The number of amides is 1. The summed E-state index contributed by atoms with van der Waals surface area (Å²) in [5, 5.41) is 6.54. The van der Waals surface area contributed by atoms with E-state index in [2.05, 4.69) is 15.2 Å². The second kappa shape index (κ2) is 7.58. The standard InChI is InChI=1S/C21H22N4O2S/c26-20(24-21-22-15(13-28-21)12-25-7-9-27-10-8-25)17-11-19(14-5-6-14)23-18-4-2-1-3-16(17)18/h1-4,11,13-14H,5-10,12H2,(H,22,24,26). The van der Waals surface area contributed by atoms with Gasteiger partial charge in [0.05, 0.1) is 30.0 Å². The van der Waals surface area contributed by atoms with Gasteiger partial charge in [0.25, 0.3) is 5.91 Å². The highest BCUT2D eigenvalue weighted by molar-refractivity contribution is 7.14. The Hall–Kier alpha value is -2.35. The molecule has 144 valence electrons. The number of carbonyl (C=O) groups is 1. The van der Waals surface area contributed by atoms with Crippen molar-refractivity contribution in [3.63, 3.8) is 0 Å². The third kappa shape index (κ3) is 3.78. The second-order valence-corrected chi connectivity index (χ2v) is 8.23. The predicted molar refractivity (Wildman–Crippen MR) is 110 cm³/mol. The summed E-state index contributed by atoms with van der Waals surface area (Å²) in [5.41, 5.74) is 3.57. The predicted octanol–water partition coefficient (Wildman–Crippen LogP) is 3.65. The Kier molecular flexibility index (Phi) is 4.80. The molecule has 1 saturated heterocycles. The Labute approximate surface area is 167 Å². The SMILES string of the molecule is O=C(Nc1nc(CN2CCOCC2)cs1)c1cc(C2CC2)nc2ccccc12. The third-order valence-electron chi connectivity index (χ3n) is 5.24. The molecular formula is C21H22N4O2S. The number of para-hydroxylation sites is 1. The fourth-order valence-electron chi connectivity index (χ4n) is 3.56. The van der Waals surface area contributed by atoms with Crippen LogP contribution in [0.5, 0.6) is 0 Å². The van der Waals surface area contributed by atoms with Gasteiger partial charge in [-0.25, -0.2) is 4.98 Å². The zero-order chi connectivity index (χ0) is 18.9. The van der Waals surface area contributed by atoms with Crippen LogP contribution in [0, 0.1) is 0 Å². The summed E-state index contributed by atoms with van der Waals surface area (Å²) >= 11 is 1.47. The van der Waals surface area contributed by atoms with E-state index >= 15 is 0 Å². The number of morpholine rings is 1. The molecule has 2 aliphatic rings. The lowest BCUT2D eigenvalue weighted by Gasteiger charge is -2.25. The van der Waals surface area contributed by atoms with Gasteiger partial charge in [-0.2, -0.15) is 0 Å². The Balaban J connectivity index is 1.35. The van der Waals surface area contributed by atoms with Crippen molar-refractivity contribution in [2.45, 2.75) is 25.3 Å². The van der Waals surface area contributed by atoms with E-state index in [-0.39, 0.29) is 5.91 Å². The van der Waals surface area contributed by atoms with Gasteiger partial charge >= 0.3 is 0 Å². The van der Waals surface area contributed by atoms with Crippen LogP contribution in [0.4, 0.5) is 5.13 Å². The zero-order valence-electron chi connectivity index (χ0n) is 15.6. The summed E-state index contributed by atoms with van der Waals surface area (Å²) in [6.07, 6.45) is 2.31. The molecule has 28 heavy (non-hydrogen) atoms. The number of carbonyl (C=O) groups excluding carboxylic acids is 1. The van der Waals surface area contributed by atoms with Crippen molar-refractivity contribution in [1.82, 2.24) is 14.9 Å². The molecule has 0 unspecified atom stereocenters. The Bertz CT molecular complexity index is 1010. The normalized spacial score (nSPS) is 17.7. The van der Waals surface area contributed by atoms with Crippen molar-refractivity contribution in [3.8, 4) is 0 Å². The first-order valence-corrected chi connectivity index (χ1v) is 10.6. The quantitative estimate of drug-likeness (QED) is 0.715. The minimum atomic E-state index is -0.118. The number of aromatic nitrogens is 2. The third-order valence-corrected chi connectivity index (χ3v) is 6.04. The smallest absolute Gasteiger partial charge is 0.258 e. The number of fused-ring (bicyclic) bond motifs is 1. The summed E-state index contributed by atoms with van der Waals surface area (Å²) in [4.78, 5) is 24.7. The van der Waals surface area contributed by atoms with Crippen LogP contribution in [-0.4, -0.2) is 47.1 Å². The van der Waals surface area contributed by atoms with Crippen molar-refractivity contribution >= 4 is 33.3 Å². The first-order valence-electron chi connectivity index (χ1n) is 9.72. The van der Waals surface area contributed by atoms with Crippen molar-refractivity contribution < 1.29 is 9.53 Å². The number of nitrogens with one attached hydrogen (secondary N) is 1. The maximum atomic E-state index is 13.0. The summed E-state index contributed by atoms with van der Waals surface area (Å²) in [6.45, 7) is 4.18. The first-order chi connectivity index (χ1) is 13.8. The highest BCUT2D eigenvalue weighted by Gasteiger charge is 2.27. The topological polar surface area (TPSA) is 67.4 Å². The fourth-order valence-corrected chi connectivity index (χ4v) is 4.26. The molecule has 7 heteroatoms. The number of hydrogen-bond acceptors (Lipinski definition) is 6. The number of benzene rings is 1. The lowest BCUT2D eigenvalue weighted by Crippen LogP contribution is -2.35. The average molecular weight is 395 g/mol. The van der Waals surface area contributed by atoms with Gasteiger partial charge in [-0.05, 0) is 25.0 Å². The van der Waals surface area contributed by atoms with Gasteiger partial charge in [-0.15, -0.1) is 11.3 Å². The summed E-state index contributed by atoms with van der Waals surface area (Å²) in [7, 11) is 0. The Morgan fingerprint density at radius 3 is 2.86 bits per heavy atom. The molecule has 3 heterocycles. The maximum absolute atomic E-state index is 13.0. The van der Waals surface area contributed by atoms with Crippen molar-refractivity contribution in [3.05, 3.63) is 52.7 Å². The van der Waals surface area contributed by atoms with Gasteiger partial charge < -0.3 is 4.74 Å². The first kappa shape index (κ1) is 17.7. The molecule has 0 bridgehead atoms. The van der Waals surface area contributed by atoms with Gasteiger partial charge in [0.2, 0.25) is 0 Å². The van der Waals surface area contributed by atoms with Crippen LogP contribution in [0.2, 0.25) is 0 Å². The van der Waals surface area contributed by atoms with E-state index in [1.807, 2.05) is 35.7 Å². The highest BCUT2D eigenvalue weighted by Crippen LogP contribution is 2.40. The number of anilines is 1. The van der Waals surface area contributed by atoms with E-state index in [1.54, 1.807) is 0 Å². The van der Waals surface area contributed by atoms with Crippen molar-refractivity contribution in [2.75, 3.05) is 31.6 Å². The fraction of sp³-hybridized carbons (Fsp3) is 0.381. The number of hydrogen-bond donors (Lipinski definition) is 1. The van der Waals surface area contributed by atoms with Crippen LogP contribution < -0.4 is 5.32 Å². The molecule has 1 N–H and O–H groups in total. The molecule has 1 saturated carbocycles. The Morgan fingerprint density at radius 2 is 2.04 bits per heavy atom. The summed E-state index contributed by atoms with van der Waals surface area (Å²) in [6, 6.07) is 9.80. The van der Waals surface area contributed by atoms with Gasteiger partial charge in [0.1, 0.15) is 0 Å². The van der Waals surface area contributed by atoms with Crippen LogP contribution in [0.1, 0.15) is 40.5 Å². The number of nitrogens with zero attached hydrogens (tertiary/aromatic N) is 3. The monoisotopic (exact) mass is 394 g/mol. The van der Waals surface area contributed by atoms with E-state index in [1.165, 1.54) is 11.3 Å². The molecule has 1 aliphatic carbocycles. The molecule has 0 radical (unpaired) electrons. The van der Waals surface area contributed by atoms with Gasteiger partial charge in [0.15, 0.2) is 5.13 Å². The maximum Gasteiger partial charge on any atom is 0.258 e. The molecular weight excluding hydrogens is 372 g/mol. The molecule has 0 spiro atoms. The number of thiazole rings is 1. The minimum absolute atomic E-state index is 0.118. The molecule has 5 rings (SSSR count). The minimum Gasteiger partial charge on any atom is -0.379 e. The highest BCUT2D eigenvalue weighted by atomic mass is 32.1. The van der Waals surface area contributed by atoms with Crippen molar-refractivity contribution in [1.29, 1.82) is 0 Å². The largest absolute Gasteiger partial charge is 0.379 e. The molecule has 2 fully saturated rings. The van der Waals surface area contributed by atoms with Crippen LogP contribution >= 0.6 is 11.3 Å². The molecule has 6 nitrogen and oxygen atoms in total. The van der Waals surface area contributed by atoms with Crippen LogP contribution in [0.15, 0.2) is 35.7 Å². The van der Waals surface area contributed by atoms with E-state index in [4.69, 9.17) is 9.72 Å². The van der Waals surface area contributed by atoms with E-state index < -0.39 is 0 Å². The molecule has 1 aliphatic heterocycles. The molecule has 0 atom stereocenters.